The molecule has 2 fully saturated rings. The van der Waals surface area contributed by atoms with E-state index in [0.717, 1.165) is 48.0 Å². The minimum absolute atomic E-state index is 0.0755. The van der Waals surface area contributed by atoms with Crippen molar-refractivity contribution in [1.82, 2.24) is 20.0 Å². The summed E-state index contributed by atoms with van der Waals surface area (Å²) in [6.07, 6.45) is 3.84. The molecule has 140 valence electrons. The van der Waals surface area contributed by atoms with E-state index in [1.165, 1.54) is 4.88 Å². The van der Waals surface area contributed by atoms with Crippen molar-refractivity contribution in [3.05, 3.63) is 38.8 Å². The normalized spacial score (nSPS) is 20.7. The number of hydrogen-bond acceptors (Lipinski definition) is 4. The minimum Gasteiger partial charge on any atom is -0.378 e. The van der Waals surface area contributed by atoms with Gasteiger partial charge in [-0.25, -0.2) is 4.79 Å². The molecule has 0 radical (unpaired) electrons. The number of likely N-dealkylation sites (tertiary alicyclic amines) is 1. The first-order chi connectivity index (χ1) is 12.7. The lowest BCUT2D eigenvalue weighted by molar-refractivity contribution is 0.0420. The van der Waals surface area contributed by atoms with Crippen molar-refractivity contribution in [1.29, 1.82) is 0 Å². The van der Waals surface area contributed by atoms with Crippen molar-refractivity contribution in [2.75, 3.05) is 32.8 Å². The van der Waals surface area contributed by atoms with Gasteiger partial charge in [0.05, 0.1) is 29.3 Å². The Morgan fingerprint density at radius 2 is 2.15 bits per heavy atom. The Morgan fingerprint density at radius 1 is 1.31 bits per heavy atom. The standard InChI is InChI=1S/C18H23ClN4O2S/c19-17-6-5-14(26-17)4-3-13-12-15(21-20-13)16-2-1-7-23(16)18(24)22-8-10-25-11-9-22/h5-6,12,16H,1-4,7-11H2,(H,20,21). The first-order valence-corrected chi connectivity index (χ1v) is 10.3. The highest BCUT2D eigenvalue weighted by atomic mass is 35.5. The molecule has 2 aromatic heterocycles. The summed E-state index contributed by atoms with van der Waals surface area (Å²) in [5, 5.41) is 7.66. The predicted octanol–water partition coefficient (Wildman–Crippen LogP) is 3.50. The van der Waals surface area contributed by atoms with Crippen molar-refractivity contribution in [2.45, 2.75) is 31.7 Å². The summed E-state index contributed by atoms with van der Waals surface area (Å²) in [7, 11) is 0. The quantitative estimate of drug-likeness (QED) is 0.863. The molecule has 4 heterocycles. The van der Waals surface area contributed by atoms with E-state index < -0.39 is 0 Å². The number of amides is 2. The number of aryl methyl sites for hydroxylation is 2. The van der Waals surface area contributed by atoms with E-state index in [9.17, 15) is 4.79 Å². The summed E-state index contributed by atoms with van der Waals surface area (Å²) in [5.74, 6) is 0. The molecule has 8 heteroatoms. The number of aromatic amines is 1. The van der Waals surface area contributed by atoms with E-state index in [-0.39, 0.29) is 12.1 Å². The van der Waals surface area contributed by atoms with Crippen LogP contribution in [-0.4, -0.2) is 58.9 Å². The Morgan fingerprint density at radius 3 is 2.92 bits per heavy atom. The zero-order chi connectivity index (χ0) is 17.9. The summed E-state index contributed by atoms with van der Waals surface area (Å²) in [4.78, 5) is 18.0. The maximum absolute atomic E-state index is 12.9. The summed E-state index contributed by atoms with van der Waals surface area (Å²) >= 11 is 7.61. The SMILES string of the molecule is O=C(N1CCOCC1)N1CCCC1c1cc(CCc2ccc(Cl)s2)[nH]n1. The van der Waals surface area contributed by atoms with E-state index in [1.54, 1.807) is 11.3 Å². The Labute approximate surface area is 162 Å². The molecule has 2 aliphatic rings. The number of nitrogens with one attached hydrogen (secondary N) is 1. The minimum atomic E-state index is 0.0755. The maximum atomic E-state index is 12.9. The van der Waals surface area contributed by atoms with Gasteiger partial charge in [0.2, 0.25) is 0 Å². The van der Waals surface area contributed by atoms with Crippen LogP contribution in [0.15, 0.2) is 18.2 Å². The fourth-order valence-corrected chi connectivity index (χ4v) is 4.75. The van der Waals surface area contributed by atoms with Crippen LogP contribution in [0.25, 0.3) is 0 Å². The second kappa shape index (κ2) is 7.98. The summed E-state index contributed by atoms with van der Waals surface area (Å²) in [6.45, 7) is 3.41. The van der Waals surface area contributed by atoms with Crippen LogP contribution in [0.3, 0.4) is 0 Å². The number of hydrogen-bond donors (Lipinski definition) is 1. The summed E-state index contributed by atoms with van der Waals surface area (Å²) < 4.78 is 6.18. The lowest BCUT2D eigenvalue weighted by atomic mass is 10.1. The zero-order valence-electron chi connectivity index (χ0n) is 14.6. The van der Waals surface area contributed by atoms with Crippen molar-refractivity contribution in [2.24, 2.45) is 0 Å². The number of morpholine rings is 1. The second-order valence-electron chi connectivity index (χ2n) is 6.76. The lowest BCUT2D eigenvalue weighted by Gasteiger charge is -2.33. The van der Waals surface area contributed by atoms with Crippen LogP contribution in [-0.2, 0) is 17.6 Å². The molecule has 6 nitrogen and oxygen atoms in total. The number of thiophene rings is 1. The van der Waals surface area contributed by atoms with E-state index in [1.807, 2.05) is 15.9 Å². The molecule has 2 aromatic rings. The molecule has 2 saturated heterocycles. The molecule has 4 rings (SSSR count). The highest BCUT2D eigenvalue weighted by molar-refractivity contribution is 7.16. The number of H-pyrrole nitrogens is 1. The number of urea groups is 1. The number of aromatic nitrogens is 2. The van der Waals surface area contributed by atoms with E-state index in [4.69, 9.17) is 16.3 Å². The average Bonchev–Trinajstić information content (AvgIpc) is 3.40. The van der Waals surface area contributed by atoms with Crippen LogP contribution in [0.4, 0.5) is 4.79 Å². The van der Waals surface area contributed by atoms with Gasteiger partial charge in [-0.1, -0.05) is 11.6 Å². The molecular formula is C18H23ClN4O2S. The summed E-state index contributed by atoms with van der Waals surface area (Å²) in [5.41, 5.74) is 2.08. The van der Waals surface area contributed by atoms with Gasteiger partial charge in [-0.15, -0.1) is 11.3 Å². The van der Waals surface area contributed by atoms with E-state index >= 15 is 0 Å². The molecule has 26 heavy (non-hydrogen) atoms. The third-order valence-electron chi connectivity index (χ3n) is 5.04. The molecule has 2 amide bonds. The van der Waals surface area contributed by atoms with Gasteiger partial charge in [0.1, 0.15) is 0 Å². The van der Waals surface area contributed by atoms with E-state index in [2.05, 4.69) is 22.3 Å². The van der Waals surface area contributed by atoms with Gasteiger partial charge in [-0.2, -0.15) is 5.10 Å². The molecule has 1 unspecified atom stereocenters. The van der Waals surface area contributed by atoms with Crippen LogP contribution in [0.5, 0.6) is 0 Å². The second-order valence-corrected chi connectivity index (χ2v) is 8.56. The Hall–Kier alpha value is -1.57. The van der Waals surface area contributed by atoms with Gasteiger partial charge >= 0.3 is 6.03 Å². The molecule has 0 spiro atoms. The fourth-order valence-electron chi connectivity index (χ4n) is 3.66. The maximum Gasteiger partial charge on any atom is 0.320 e. The Bertz CT molecular complexity index is 756. The fraction of sp³-hybridized carbons (Fsp3) is 0.556. The smallest absolute Gasteiger partial charge is 0.320 e. The van der Waals surface area contributed by atoms with E-state index in [0.29, 0.717) is 26.3 Å². The van der Waals surface area contributed by atoms with Crippen LogP contribution < -0.4 is 0 Å². The number of halogens is 1. The average molecular weight is 395 g/mol. The summed E-state index contributed by atoms with van der Waals surface area (Å²) in [6, 6.07) is 6.32. The third-order valence-corrected chi connectivity index (χ3v) is 6.33. The van der Waals surface area contributed by atoms with Crippen LogP contribution in [0, 0.1) is 0 Å². The monoisotopic (exact) mass is 394 g/mol. The van der Waals surface area contributed by atoms with Gasteiger partial charge in [-0.05, 0) is 43.9 Å². The zero-order valence-corrected chi connectivity index (χ0v) is 16.2. The van der Waals surface area contributed by atoms with Gasteiger partial charge in [0.25, 0.3) is 0 Å². The van der Waals surface area contributed by atoms with Gasteiger partial charge < -0.3 is 14.5 Å². The number of ether oxygens (including phenoxy) is 1. The molecule has 0 aromatic carbocycles. The molecule has 1 N–H and O–H groups in total. The number of rotatable bonds is 4. The number of carbonyl (C=O) groups is 1. The van der Waals surface area contributed by atoms with Gasteiger partial charge in [-0.3, -0.25) is 5.10 Å². The molecule has 0 saturated carbocycles. The molecule has 1 atom stereocenters. The largest absolute Gasteiger partial charge is 0.378 e. The molecular weight excluding hydrogens is 372 g/mol. The lowest BCUT2D eigenvalue weighted by Crippen LogP contribution is -2.47. The first-order valence-electron chi connectivity index (χ1n) is 9.12. The van der Waals surface area contributed by atoms with Crippen LogP contribution in [0.2, 0.25) is 4.34 Å². The number of carbonyl (C=O) groups excluding carboxylic acids is 1. The van der Waals surface area contributed by atoms with Gasteiger partial charge in [0, 0.05) is 30.2 Å². The predicted molar refractivity (Wildman–Crippen MR) is 102 cm³/mol. The highest BCUT2D eigenvalue weighted by Crippen LogP contribution is 2.32. The van der Waals surface area contributed by atoms with Crippen LogP contribution >= 0.6 is 22.9 Å². The third kappa shape index (κ3) is 3.89. The van der Waals surface area contributed by atoms with Crippen molar-refractivity contribution >= 4 is 29.0 Å². The van der Waals surface area contributed by atoms with Crippen molar-refractivity contribution in [3.63, 3.8) is 0 Å². The molecule has 0 bridgehead atoms. The molecule has 2 aliphatic heterocycles. The highest BCUT2D eigenvalue weighted by Gasteiger charge is 2.34. The van der Waals surface area contributed by atoms with Crippen molar-refractivity contribution in [3.8, 4) is 0 Å². The number of nitrogens with zero attached hydrogens (tertiary/aromatic N) is 3. The Balaban J connectivity index is 1.39. The van der Waals surface area contributed by atoms with Gasteiger partial charge in [0.15, 0.2) is 0 Å². The van der Waals surface area contributed by atoms with Crippen molar-refractivity contribution < 1.29 is 9.53 Å². The molecule has 0 aliphatic carbocycles. The topological polar surface area (TPSA) is 61.5 Å². The van der Waals surface area contributed by atoms with Crippen LogP contribution in [0.1, 0.15) is 35.1 Å². The first kappa shape index (κ1) is 17.8. The Kier molecular flexibility index (Phi) is 5.47.